The molecular formula is C28H39N3O7S. The fourth-order valence-corrected chi connectivity index (χ4v) is 6.63. The van der Waals surface area contributed by atoms with E-state index in [0.717, 1.165) is 12.0 Å². The van der Waals surface area contributed by atoms with Gasteiger partial charge in [0.15, 0.2) is 6.29 Å². The highest BCUT2D eigenvalue weighted by Crippen LogP contribution is 2.33. The Bertz CT molecular complexity index is 1180. The third-order valence-electron chi connectivity index (χ3n) is 7.04. The van der Waals surface area contributed by atoms with Crippen LogP contribution in [0.25, 0.3) is 0 Å². The van der Waals surface area contributed by atoms with Gasteiger partial charge in [-0.05, 0) is 48.6 Å². The van der Waals surface area contributed by atoms with Crippen molar-refractivity contribution in [3.8, 4) is 5.75 Å². The molecule has 0 aromatic heterocycles. The van der Waals surface area contributed by atoms with Crippen molar-refractivity contribution in [1.82, 2.24) is 9.62 Å². The van der Waals surface area contributed by atoms with E-state index >= 15 is 0 Å². The van der Waals surface area contributed by atoms with E-state index < -0.39 is 34.3 Å². The van der Waals surface area contributed by atoms with Crippen molar-refractivity contribution in [1.29, 1.82) is 0 Å². The van der Waals surface area contributed by atoms with Crippen molar-refractivity contribution in [2.45, 2.75) is 56.1 Å². The third kappa shape index (κ3) is 7.49. The van der Waals surface area contributed by atoms with Crippen LogP contribution in [-0.2, 0) is 30.7 Å². The first kappa shape index (κ1) is 29.3. The summed E-state index contributed by atoms with van der Waals surface area (Å²) in [5.41, 5.74) is 7.62. The van der Waals surface area contributed by atoms with Gasteiger partial charge in [0.1, 0.15) is 11.9 Å². The molecule has 0 bridgehead atoms. The Kier molecular flexibility index (Phi) is 9.84. The number of carbonyl (C=O) groups is 1. The molecule has 4 rings (SSSR count). The van der Waals surface area contributed by atoms with Crippen LogP contribution in [0.4, 0.5) is 4.79 Å². The van der Waals surface area contributed by atoms with Crippen LogP contribution in [0.5, 0.6) is 5.75 Å². The Hall–Kier alpha value is -2.70. The van der Waals surface area contributed by atoms with Crippen molar-refractivity contribution in [3.63, 3.8) is 0 Å². The van der Waals surface area contributed by atoms with E-state index in [2.05, 4.69) is 5.32 Å². The first-order valence-electron chi connectivity index (χ1n) is 13.3. The summed E-state index contributed by atoms with van der Waals surface area (Å²) in [6.45, 7) is 5.03. The van der Waals surface area contributed by atoms with Gasteiger partial charge in [-0.2, -0.15) is 4.31 Å². The lowest BCUT2D eigenvalue weighted by molar-refractivity contribution is -0.0907. The summed E-state index contributed by atoms with van der Waals surface area (Å²) < 4.78 is 50.7. The minimum atomic E-state index is -3.86. The zero-order valence-corrected chi connectivity index (χ0v) is 23.5. The zero-order valence-electron chi connectivity index (χ0n) is 22.7. The Morgan fingerprint density at radius 1 is 1.10 bits per heavy atom. The number of rotatable bonds is 12. The smallest absolute Gasteiger partial charge is 0.407 e. The van der Waals surface area contributed by atoms with Crippen molar-refractivity contribution in [3.05, 3.63) is 60.2 Å². The molecule has 2 saturated heterocycles. The van der Waals surface area contributed by atoms with E-state index in [1.165, 1.54) is 23.5 Å². The van der Waals surface area contributed by atoms with Crippen LogP contribution in [0, 0.1) is 11.8 Å². The average molecular weight is 562 g/mol. The number of nitrogens with zero attached hydrogens (tertiary/aromatic N) is 1. The van der Waals surface area contributed by atoms with E-state index in [1.54, 1.807) is 12.1 Å². The SMILES string of the molecule is COc1ccc(S(=O)(=O)N(CC(C)C)C[C@H](N)[C@H](Cc2ccccc2)NC(=O)O[C@H]2CO[C@H]3OCC[C@H]32)cc1. The molecule has 0 unspecified atom stereocenters. The molecule has 2 aromatic carbocycles. The molecule has 2 fully saturated rings. The Morgan fingerprint density at radius 3 is 2.49 bits per heavy atom. The molecule has 10 nitrogen and oxygen atoms in total. The van der Waals surface area contributed by atoms with Crippen molar-refractivity contribution < 1.29 is 32.2 Å². The van der Waals surface area contributed by atoms with E-state index in [9.17, 15) is 13.2 Å². The molecule has 214 valence electrons. The summed E-state index contributed by atoms with van der Waals surface area (Å²) in [6.07, 6.45) is -0.174. The van der Waals surface area contributed by atoms with Crippen LogP contribution < -0.4 is 15.8 Å². The maximum Gasteiger partial charge on any atom is 0.407 e. The molecule has 3 N–H and O–H groups in total. The van der Waals surface area contributed by atoms with Gasteiger partial charge in [-0.1, -0.05) is 44.2 Å². The second kappa shape index (κ2) is 13.1. The zero-order chi connectivity index (χ0) is 28.0. The topological polar surface area (TPSA) is 129 Å². The number of amides is 1. The van der Waals surface area contributed by atoms with Crippen LogP contribution in [0.1, 0.15) is 25.8 Å². The molecular weight excluding hydrogens is 522 g/mol. The molecule has 0 saturated carbocycles. The molecule has 2 aliphatic heterocycles. The first-order chi connectivity index (χ1) is 18.7. The average Bonchev–Trinajstić information content (AvgIpc) is 3.53. The second-order valence-corrected chi connectivity index (χ2v) is 12.4. The molecule has 11 heteroatoms. The monoisotopic (exact) mass is 561 g/mol. The van der Waals surface area contributed by atoms with E-state index in [4.69, 9.17) is 24.7 Å². The van der Waals surface area contributed by atoms with Gasteiger partial charge < -0.3 is 30.0 Å². The number of nitrogens with two attached hydrogens (primary N) is 1. The van der Waals surface area contributed by atoms with Crippen molar-refractivity contribution >= 4 is 16.1 Å². The van der Waals surface area contributed by atoms with E-state index in [1.807, 2.05) is 44.2 Å². The molecule has 0 aliphatic carbocycles. The Morgan fingerprint density at radius 2 is 1.82 bits per heavy atom. The third-order valence-corrected chi connectivity index (χ3v) is 8.89. The first-order valence-corrected chi connectivity index (χ1v) is 14.8. The van der Waals surface area contributed by atoms with Gasteiger partial charge in [0, 0.05) is 19.1 Å². The second-order valence-electron chi connectivity index (χ2n) is 10.5. The quantitative estimate of drug-likeness (QED) is 0.405. The highest BCUT2D eigenvalue weighted by Gasteiger charge is 2.44. The number of sulfonamides is 1. The largest absolute Gasteiger partial charge is 0.497 e. The van der Waals surface area contributed by atoms with Crippen LogP contribution in [0.15, 0.2) is 59.5 Å². The summed E-state index contributed by atoms with van der Waals surface area (Å²) in [6, 6.07) is 14.6. The number of ether oxygens (including phenoxy) is 4. The Labute approximate surface area is 230 Å². The van der Waals surface area contributed by atoms with Gasteiger partial charge in [-0.3, -0.25) is 0 Å². The lowest BCUT2D eigenvalue weighted by Gasteiger charge is -2.31. The van der Waals surface area contributed by atoms with E-state index in [0.29, 0.717) is 18.8 Å². The maximum atomic E-state index is 13.6. The maximum absolute atomic E-state index is 13.6. The van der Waals surface area contributed by atoms with Gasteiger partial charge in [0.05, 0.1) is 37.2 Å². The molecule has 39 heavy (non-hydrogen) atoms. The van der Waals surface area contributed by atoms with Gasteiger partial charge >= 0.3 is 6.09 Å². The molecule has 0 spiro atoms. The van der Waals surface area contributed by atoms with Gasteiger partial charge in [-0.15, -0.1) is 0 Å². The van der Waals surface area contributed by atoms with Gasteiger partial charge in [-0.25, -0.2) is 13.2 Å². The molecule has 5 atom stereocenters. The number of alkyl carbamates (subject to hydrolysis) is 1. The van der Waals surface area contributed by atoms with Gasteiger partial charge in [0.25, 0.3) is 0 Å². The fraction of sp³-hybridized carbons (Fsp3) is 0.536. The Balaban J connectivity index is 1.51. The molecule has 2 aromatic rings. The van der Waals surface area contributed by atoms with Crippen LogP contribution in [-0.4, -0.2) is 76.7 Å². The fourth-order valence-electron chi connectivity index (χ4n) is 4.99. The summed E-state index contributed by atoms with van der Waals surface area (Å²) in [5.74, 6) is 0.627. The minimum absolute atomic E-state index is 0.00756. The summed E-state index contributed by atoms with van der Waals surface area (Å²) in [5, 5.41) is 2.92. The van der Waals surface area contributed by atoms with Crippen LogP contribution >= 0.6 is 0 Å². The highest BCUT2D eigenvalue weighted by molar-refractivity contribution is 7.89. The summed E-state index contributed by atoms with van der Waals surface area (Å²) in [4.78, 5) is 13.2. The predicted molar refractivity (Wildman–Crippen MR) is 146 cm³/mol. The lowest BCUT2D eigenvalue weighted by atomic mass is 9.99. The summed E-state index contributed by atoms with van der Waals surface area (Å²) in [7, 11) is -2.33. The minimum Gasteiger partial charge on any atom is -0.497 e. The predicted octanol–water partition coefficient (Wildman–Crippen LogP) is 2.77. The van der Waals surface area contributed by atoms with Crippen molar-refractivity contribution in [2.24, 2.45) is 17.6 Å². The number of fused-ring (bicyclic) bond motifs is 1. The standard InChI is InChI=1S/C28H39N3O7S/c1-19(2)16-31(39(33,34)22-11-9-21(35-3)10-12-22)17-24(29)25(15-20-7-5-4-6-8-20)30-28(32)38-26-18-37-27-23(26)13-14-36-27/h4-12,19,23-27H,13-18,29H2,1-3H3,(H,30,32)/t23-,24-,25-,26-,27+/m0/s1. The number of carbonyl (C=O) groups excluding carboxylic acids is 1. The lowest BCUT2D eigenvalue weighted by Crippen LogP contribution is -2.55. The normalized spacial score (nSPS) is 22.5. The summed E-state index contributed by atoms with van der Waals surface area (Å²) >= 11 is 0. The molecule has 2 heterocycles. The number of hydrogen-bond acceptors (Lipinski definition) is 8. The van der Waals surface area contributed by atoms with Crippen molar-refractivity contribution in [2.75, 3.05) is 33.4 Å². The molecule has 2 aliphatic rings. The highest BCUT2D eigenvalue weighted by atomic mass is 32.2. The van der Waals surface area contributed by atoms with Crippen LogP contribution in [0.2, 0.25) is 0 Å². The molecule has 0 radical (unpaired) electrons. The molecule has 1 amide bonds. The van der Waals surface area contributed by atoms with Crippen LogP contribution in [0.3, 0.4) is 0 Å². The number of nitrogens with one attached hydrogen (secondary N) is 1. The number of benzene rings is 2. The van der Waals surface area contributed by atoms with E-state index in [-0.39, 0.29) is 42.7 Å². The number of methoxy groups -OCH3 is 1. The number of hydrogen-bond donors (Lipinski definition) is 2. The van der Waals surface area contributed by atoms with Gasteiger partial charge in [0.2, 0.25) is 10.0 Å².